The third-order valence-electron chi connectivity index (χ3n) is 4.62. The summed E-state index contributed by atoms with van der Waals surface area (Å²) in [5.41, 5.74) is 13.1. The summed E-state index contributed by atoms with van der Waals surface area (Å²) < 4.78 is 10.8. The molecule has 2 rings (SSSR count). The van der Waals surface area contributed by atoms with Crippen LogP contribution in [0.5, 0.6) is 11.5 Å². The third kappa shape index (κ3) is 11.1. The molecule has 0 unspecified atom stereocenters. The van der Waals surface area contributed by atoms with Gasteiger partial charge in [-0.2, -0.15) is 0 Å². The number of rotatable bonds is 10. The van der Waals surface area contributed by atoms with Crippen LogP contribution in [0.1, 0.15) is 41.5 Å². The maximum absolute atomic E-state index is 11.8. The lowest BCUT2D eigenvalue weighted by atomic mass is 10.1. The second-order valence-electron chi connectivity index (χ2n) is 8.27. The summed E-state index contributed by atoms with van der Waals surface area (Å²) in [4.78, 5) is 47.4. The zero-order valence-electron chi connectivity index (χ0n) is 20.4. The Labute approximate surface area is 204 Å². The van der Waals surface area contributed by atoms with Crippen molar-refractivity contribution in [3.05, 3.63) is 58.7 Å². The Morgan fingerprint density at radius 2 is 0.857 bits per heavy atom. The summed E-state index contributed by atoms with van der Waals surface area (Å²) in [6.07, 6.45) is 0.242. The first kappa shape index (κ1) is 27.2. The Morgan fingerprint density at radius 1 is 0.543 bits per heavy atom. The smallest absolute Gasteiger partial charge is 0.276 e. The molecule has 0 aliphatic heterocycles. The fourth-order valence-corrected chi connectivity index (χ4v) is 3.22. The molecule has 0 radical (unpaired) electrons. The minimum absolute atomic E-state index is 0.00932. The molecule has 0 bridgehead atoms. The van der Waals surface area contributed by atoms with Crippen LogP contribution in [0.4, 0.5) is 0 Å². The van der Waals surface area contributed by atoms with Crippen LogP contribution in [-0.4, -0.2) is 36.8 Å². The lowest BCUT2D eigenvalue weighted by Crippen LogP contribution is -2.44. The largest absolute Gasteiger partial charge is 0.484 e. The van der Waals surface area contributed by atoms with Gasteiger partial charge in [0.25, 0.3) is 11.8 Å². The van der Waals surface area contributed by atoms with Crippen LogP contribution >= 0.6 is 0 Å². The van der Waals surface area contributed by atoms with Crippen molar-refractivity contribution in [3.8, 4) is 11.5 Å². The average Bonchev–Trinajstić information content (AvgIpc) is 2.77. The second-order valence-corrected chi connectivity index (χ2v) is 8.27. The van der Waals surface area contributed by atoms with Gasteiger partial charge in [-0.15, -0.1) is 0 Å². The molecule has 0 saturated heterocycles. The number of benzene rings is 2. The van der Waals surface area contributed by atoms with Gasteiger partial charge in [0.15, 0.2) is 13.2 Å². The van der Waals surface area contributed by atoms with Crippen molar-refractivity contribution in [2.24, 2.45) is 0 Å². The lowest BCUT2D eigenvalue weighted by molar-refractivity contribution is -0.131. The van der Waals surface area contributed by atoms with E-state index in [9.17, 15) is 19.2 Å². The maximum atomic E-state index is 11.8. The molecule has 35 heavy (non-hydrogen) atoms. The fraction of sp³-hybridized carbons (Fsp3) is 0.360. The summed E-state index contributed by atoms with van der Waals surface area (Å²) in [6, 6.07) is 11.2. The molecular formula is C25H32N4O6. The molecular weight excluding hydrogens is 452 g/mol. The van der Waals surface area contributed by atoms with E-state index in [0.29, 0.717) is 11.5 Å². The van der Waals surface area contributed by atoms with Crippen LogP contribution in [0.15, 0.2) is 36.4 Å². The van der Waals surface area contributed by atoms with E-state index in [4.69, 9.17) is 9.47 Å². The molecule has 0 saturated carbocycles. The van der Waals surface area contributed by atoms with Gasteiger partial charge in [0, 0.05) is 12.8 Å². The van der Waals surface area contributed by atoms with Gasteiger partial charge in [-0.3, -0.25) is 40.9 Å². The van der Waals surface area contributed by atoms with E-state index in [0.717, 1.165) is 22.3 Å². The number of ether oxygens (including phenoxy) is 2. The molecule has 0 atom stereocenters. The minimum atomic E-state index is -0.513. The van der Waals surface area contributed by atoms with E-state index < -0.39 is 23.6 Å². The molecule has 2 aromatic rings. The first-order chi connectivity index (χ1) is 16.6. The summed E-state index contributed by atoms with van der Waals surface area (Å²) in [7, 11) is 0. The SMILES string of the molecule is Cc1cc(C)cc(OCC(=O)NNC(=O)CCCC(=O)NNC(=O)COc2cc(C)cc(C)c2)c1. The average molecular weight is 485 g/mol. The van der Waals surface area contributed by atoms with Crippen molar-refractivity contribution in [2.45, 2.75) is 47.0 Å². The number of carbonyl (C=O) groups excluding carboxylic acids is 4. The predicted octanol–water partition coefficient (Wildman–Crippen LogP) is 1.84. The summed E-state index contributed by atoms with van der Waals surface area (Å²) in [6.45, 7) is 7.20. The molecule has 0 spiro atoms. The summed E-state index contributed by atoms with van der Waals surface area (Å²) in [5, 5.41) is 0. The maximum Gasteiger partial charge on any atom is 0.276 e. The topological polar surface area (TPSA) is 135 Å². The summed E-state index contributed by atoms with van der Waals surface area (Å²) in [5.74, 6) is -0.799. The van der Waals surface area contributed by atoms with E-state index >= 15 is 0 Å². The van der Waals surface area contributed by atoms with Gasteiger partial charge >= 0.3 is 0 Å². The van der Waals surface area contributed by atoms with Gasteiger partial charge in [-0.25, -0.2) is 0 Å². The number of hydrogen-bond donors (Lipinski definition) is 4. The van der Waals surface area contributed by atoms with Crippen molar-refractivity contribution < 1.29 is 28.7 Å². The van der Waals surface area contributed by atoms with Crippen LogP contribution in [0.2, 0.25) is 0 Å². The normalized spacial score (nSPS) is 10.2. The first-order valence-electron chi connectivity index (χ1n) is 11.2. The highest BCUT2D eigenvalue weighted by Crippen LogP contribution is 2.16. The zero-order chi connectivity index (χ0) is 25.8. The highest BCUT2D eigenvalue weighted by molar-refractivity contribution is 5.84. The Bertz CT molecular complexity index is 946. The summed E-state index contributed by atoms with van der Waals surface area (Å²) >= 11 is 0. The molecule has 0 aromatic heterocycles. The van der Waals surface area contributed by atoms with Crippen LogP contribution < -0.4 is 31.2 Å². The number of aryl methyl sites for hydroxylation is 4. The number of hydrazine groups is 2. The fourth-order valence-electron chi connectivity index (χ4n) is 3.22. The highest BCUT2D eigenvalue weighted by Gasteiger charge is 2.09. The molecule has 2 aromatic carbocycles. The van der Waals surface area contributed by atoms with Crippen LogP contribution in [0, 0.1) is 27.7 Å². The monoisotopic (exact) mass is 484 g/mol. The number of carbonyl (C=O) groups is 4. The standard InChI is InChI=1S/C25H32N4O6/c1-16-8-17(2)11-20(10-16)34-14-24(32)28-26-22(30)6-5-7-23(31)27-29-25(33)15-35-21-12-18(3)9-19(4)13-21/h8-13H,5-7,14-15H2,1-4H3,(H,26,30)(H,27,31)(H,28,32)(H,29,33). The molecule has 0 fully saturated rings. The van der Waals surface area contributed by atoms with Gasteiger partial charge in [0.1, 0.15) is 11.5 Å². The first-order valence-corrected chi connectivity index (χ1v) is 11.2. The van der Waals surface area contributed by atoms with E-state index in [1.807, 2.05) is 64.1 Å². The van der Waals surface area contributed by atoms with Crippen LogP contribution in [-0.2, 0) is 19.2 Å². The van der Waals surface area contributed by atoms with E-state index in [1.165, 1.54) is 0 Å². The molecule has 10 heteroatoms. The molecule has 10 nitrogen and oxygen atoms in total. The van der Waals surface area contributed by atoms with Crippen molar-refractivity contribution >= 4 is 23.6 Å². The molecule has 0 aliphatic rings. The van der Waals surface area contributed by atoms with E-state index in [1.54, 1.807) is 0 Å². The Hall–Kier alpha value is -4.08. The molecule has 188 valence electrons. The van der Waals surface area contributed by atoms with Crippen molar-refractivity contribution in [1.29, 1.82) is 0 Å². The molecule has 0 heterocycles. The van der Waals surface area contributed by atoms with Crippen molar-refractivity contribution in [2.75, 3.05) is 13.2 Å². The Balaban J connectivity index is 1.55. The quantitative estimate of drug-likeness (QED) is 0.380. The second kappa shape index (κ2) is 13.6. The van der Waals surface area contributed by atoms with Gasteiger partial charge in [-0.1, -0.05) is 12.1 Å². The Morgan fingerprint density at radius 3 is 1.20 bits per heavy atom. The van der Waals surface area contributed by atoms with Crippen LogP contribution in [0.25, 0.3) is 0 Å². The highest BCUT2D eigenvalue weighted by atomic mass is 16.5. The van der Waals surface area contributed by atoms with E-state index in [2.05, 4.69) is 21.7 Å². The zero-order valence-corrected chi connectivity index (χ0v) is 20.4. The molecule has 4 N–H and O–H groups in total. The number of amides is 4. The van der Waals surface area contributed by atoms with Crippen molar-refractivity contribution in [1.82, 2.24) is 21.7 Å². The Kier molecular flexibility index (Phi) is 10.5. The predicted molar refractivity (Wildman–Crippen MR) is 129 cm³/mol. The number of nitrogens with one attached hydrogen (secondary N) is 4. The van der Waals surface area contributed by atoms with Gasteiger partial charge < -0.3 is 9.47 Å². The van der Waals surface area contributed by atoms with E-state index in [-0.39, 0.29) is 32.5 Å². The third-order valence-corrected chi connectivity index (χ3v) is 4.62. The van der Waals surface area contributed by atoms with Gasteiger partial charge in [-0.05, 0) is 80.6 Å². The van der Waals surface area contributed by atoms with Gasteiger partial charge in [0.05, 0.1) is 0 Å². The van der Waals surface area contributed by atoms with Crippen LogP contribution in [0.3, 0.4) is 0 Å². The minimum Gasteiger partial charge on any atom is -0.484 e. The molecule has 0 aliphatic carbocycles. The van der Waals surface area contributed by atoms with Gasteiger partial charge in [0.2, 0.25) is 11.8 Å². The number of hydrogen-bond acceptors (Lipinski definition) is 6. The lowest BCUT2D eigenvalue weighted by Gasteiger charge is -2.10. The molecule has 4 amide bonds. The van der Waals surface area contributed by atoms with Crippen molar-refractivity contribution in [3.63, 3.8) is 0 Å².